The lowest BCUT2D eigenvalue weighted by atomic mass is 9.97. The van der Waals surface area contributed by atoms with Crippen LogP contribution in [0.3, 0.4) is 0 Å². The van der Waals surface area contributed by atoms with Crippen molar-refractivity contribution in [3.8, 4) is 0 Å². The van der Waals surface area contributed by atoms with Gasteiger partial charge in [0.15, 0.2) is 0 Å². The van der Waals surface area contributed by atoms with E-state index in [1.54, 1.807) is 5.32 Å². The third-order valence-corrected chi connectivity index (χ3v) is 2.94. The average Bonchev–Trinajstić information content (AvgIpc) is 2.43. The van der Waals surface area contributed by atoms with E-state index in [4.69, 9.17) is 0 Å². The summed E-state index contributed by atoms with van der Waals surface area (Å²) in [5.74, 6) is 0. The molecule has 0 aliphatic rings. The van der Waals surface area contributed by atoms with Crippen molar-refractivity contribution in [2.24, 2.45) is 0 Å². The molecule has 0 radical (unpaired) electrons. The Labute approximate surface area is 124 Å². The maximum Gasteiger partial charge on any atom is 0.435 e. The van der Waals surface area contributed by atoms with Gasteiger partial charge in [0.2, 0.25) is 5.66 Å². The molecule has 6 nitrogen and oxygen atoms in total. The zero-order valence-corrected chi connectivity index (χ0v) is 11.8. The van der Waals surface area contributed by atoms with Gasteiger partial charge in [-0.25, -0.2) is 4.79 Å². The highest BCUT2D eigenvalue weighted by Crippen LogP contribution is 2.41. The van der Waals surface area contributed by atoms with Gasteiger partial charge in [-0.2, -0.15) is 13.2 Å². The van der Waals surface area contributed by atoms with Crippen LogP contribution in [0.4, 0.5) is 22.8 Å². The highest BCUT2D eigenvalue weighted by atomic mass is 19.4. The fourth-order valence-electron chi connectivity index (χ4n) is 1.91. The van der Waals surface area contributed by atoms with E-state index in [2.05, 4.69) is 4.74 Å². The predicted molar refractivity (Wildman–Crippen MR) is 67.5 cm³/mol. The summed E-state index contributed by atoms with van der Waals surface area (Å²) in [5, 5.41) is 12.6. The highest BCUT2D eigenvalue weighted by Gasteiger charge is 2.61. The van der Waals surface area contributed by atoms with Crippen molar-refractivity contribution >= 4 is 12.2 Å². The van der Waals surface area contributed by atoms with E-state index in [0.717, 1.165) is 12.1 Å². The van der Waals surface area contributed by atoms with E-state index in [-0.39, 0.29) is 11.5 Å². The van der Waals surface area contributed by atoms with Crippen LogP contribution in [0.5, 0.6) is 0 Å². The highest BCUT2D eigenvalue weighted by molar-refractivity contribution is 5.71. The first-order valence-electron chi connectivity index (χ1n) is 6.18. The van der Waals surface area contributed by atoms with Crippen LogP contribution < -0.4 is 10.4 Å². The number of carboxylic acid groups (broad SMARTS) is 1. The molecular weight excluding hydrogens is 305 g/mol. The zero-order chi connectivity index (χ0) is 17.0. The molecule has 0 saturated heterocycles. The summed E-state index contributed by atoms with van der Waals surface area (Å²) in [6, 6.07) is 6.10. The van der Waals surface area contributed by atoms with Crippen LogP contribution in [-0.2, 0) is 10.4 Å². The Morgan fingerprint density at radius 1 is 1.27 bits per heavy atom. The van der Waals surface area contributed by atoms with Crippen LogP contribution in [-0.4, -0.2) is 36.9 Å². The molecular formula is C13H14F3N2O4-. The number of carbonyl (C=O) groups is 2. The molecule has 2 amide bonds. The molecule has 0 saturated carbocycles. The maximum absolute atomic E-state index is 13.7. The first kappa shape index (κ1) is 17.6. The van der Waals surface area contributed by atoms with Gasteiger partial charge in [0.25, 0.3) is 0 Å². The molecule has 1 aromatic carbocycles. The molecule has 0 aliphatic heterocycles. The van der Waals surface area contributed by atoms with Gasteiger partial charge < -0.3 is 19.5 Å². The molecule has 0 heterocycles. The molecule has 1 N–H and O–H groups in total. The van der Waals surface area contributed by atoms with E-state index in [1.165, 1.54) is 25.1 Å². The smallest absolute Gasteiger partial charge is 0.435 e. The number of rotatable bonds is 4. The third kappa shape index (κ3) is 3.23. The molecule has 1 rings (SSSR count). The molecule has 0 bridgehead atoms. The molecule has 0 spiro atoms. The van der Waals surface area contributed by atoms with Crippen molar-refractivity contribution < 1.29 is 32.6 Å². The summed E-state index contributed by atoms with van der Waals surface area (Å²) < 4.78 is 45.5. The first-order valence-corrected chi connectivity index (χ1v) is 6.18. The molecule has 1 aromatic rings. The van der Waals surface area contributed by atoms with Crippen LogP contribution in [0.25, 0.3) is 0 Å². The second-order valence-electron chi connectivity index (χ2n) is 4.24. The average molecular weight is 319 g/mol. The summed E-state index contributed by atoms with van der Waals surface area (Å²) in [6.07, 6.45) is -8.68. The quantitative estimate of drug-likeness (QED) is 0.851. The summed E-state index contributed by atoms with van der Waals surface area (Å²) in [7, 11) is 0.655. The lowest BCUT2D eigenvalue weighted by molar-refractivity contribution is -0.297. The summed E-state index contributed by atoms with van der Waals surface area (Å²) in [5.41, 5.74) is -3.82. The van der Waals surface area contributed by atoms with Crippen LogP contribution in [0.2, 0.25) is 0 Å². The van der Waals surface area contributed by atoms with Gasteiger partial charge in [-0.1, -0.05) is 30.3 Å². The van der Waals surface area contributed by atoms with Crippen LogP contribution in [0.1, 0.15) is 12.5 Å². The van der Waals surface area contributed by atoms with E-state index < -0.39 is 29.6 Å². The third-order valence-electron chi connectivity index (χ3n) is 2.94. The monoisotopic (exact) mass is 319 g/mol. The van der Waals surface area contributed by atoms with Gasteiger partial charge in [-0.15, -0.1) is 0 Å². The number of alkyl halides is 3. The minimum Gasteiger partial charge on any atom is -0.530 e. The molecule has 1 unspecified atom stereocenters. The van der Waals surface area contributed by atoms with Crippen molar-refractivity contribution in [2.45, 2.75) is 18.8 Å². The maximum atomic E-state index is 13.7. The van der Waals surface area contributed by atoms with Gasteiger partial charge in [0.05, 0.1) is 6.61 Å². The van der Waals surface area contributed by atoms with Crippen molar-refractivity contribution in [1.29, 1.82) is 0 Å². The minimum atomic E-state index is -5.16. The number of ether oxygens (including phenoxy) is 1. The van der Waals surface area contributed by atoms with E-state index in [9.17, 15) is 27.9 Å². The molecule has 0 aromatic heterocycles. The van der Waals surface area contributed by atoms with Gasteiger partial charge in [0, 0.05) is 12.6 Å². The van der Waals surface area contributed by atoms with Crippen molar-refractivity contribution in [3.05, 3.63) is 35.9 Å². The van der Waals surface area contributed by atoms with Gasteiger partial charge >= 0.3 is 12.3 Å². The van der Waals surface area contributed by atoms with E-state index in [1.807, 2.05) is 0 Å². The molecule has 0 aliphatic carbocycles. The van der Waals surface area contributed by atoms with Crippen molar-refractivity contribution in [1.82, 2.24) is 10.2 Å². The Bertz CT molecular complexity index is 536. The second kappa shape index (κ2) is 6.54. The number of amides is 2. The van der Waals surface area contributed by atoms with Gasteiger partial charge in [0.1, 0.15) is 6.09 Å². The number of alkyl carbamates (subject to hydrolysis) is 1. The Kier molecular flexibility index (Phi) is 5.23. The van der Waals surface area contributed by atoms with Gasteiger partial charge in [-0.3, -0.25) is 5.32 Å². The number of hydrogen-bond acceptors (Lipinski definition) is 4. The molecule has 1 atom stereocenters. The van der Waals surface area contributed by atoms with Crippen molar-refractivity contribution in [2.75, 3.05) is 13.7 Å². The summed E-state index contributed by atoms with van der Waals surface area (Å²) >= 11 is 0. The SMILES string of the molecule is CCOC(=O)NC(c1ccccc1)(N(C)C(=O)[O-])C(F)(F)F. The number of carbonyl (C=O) groups excluding carboxylic acids is 2. The Morgan fingerprint density at radius 2 is 1.82 bits per heavy atom. The lowest BCUT2D eigenvalue weighted by Crippen LogP contribution is -2.68. The van der Waals surface area contributed by atoms with Crippen molar-refractivity contribution in [3.63, 3.8) is 0 Å². The molecule has 0 fully saturated rings. The minimum absolute atomic E-state index is 0.126. The van der Waals surface area contributed by atoms with E-state index in [0.29, 0.717) is 7.05 Å². The normalized spacial score (nSPS) is 13.9. The fourth-order valence-corrected chi connectivity index (χ4v) is 1.91. The topological polar surface area (TPSA) is 81.7 Å². The molecule has 9 heteroatoms. The number of nitrogens with zero attached hydrogens (tertiary/aromatic N) is 1. The summed E-state index contributed by atoms with van der Waals surface area (Å²) in [4.78, 5) is 22.4. The van der Waals surface area contributed by atoms with E-state index >= 15 is 0 Å². The predicted octanol–water partition coefficient (Wildman–Crippen LogP) is 1.42. The number of hydrogen-bond donors (Lipinski definition) is 1. The number of halogens is 3. The Hall–Kier alpha value is -2.45. The molecule has 22 heavy (non-hydrogen) atoms. The lowest BCUT2D eigenvalue weighted by Gasteiger charge is -2.44. The number of nitrogens with one attached hydrogen (secondary N) is 1. The largest absolute Gasteiger partial charge is 0.530 e. The standard InChI is InChI=1S/C13H15F3N2O4/c1-3-22-10(19)17-12(13(14,15)16,18(2)11(20)21)9-7-5-4-6-8-9/h4-8H,3H2,1-2H3,(H,17,19)(H,20,21)/p-1. The Morgan fingerprint density at radius 3 is 2.23 bits per heavy atom. The molecule has 122 valence electrons. The second-order valence-corrected chi connectivity index (χ2v) is 4.24. The first-order chi connectivity index (χ1) is 10.2. The van der Waals surface area contributed by atoms with Gasteiger partial charge in [-0.05, 0) is 6.92 Å². The van der Waals surface area contributed by atoms with Crippen LogP contribution in [0.15, 0.2) is 30.3 Å². The van der Waals surface area contributed by atoms with Crippen LogP contribution >= 0.6 is 0 Å². The fraction of sp³-hybridized carbons (Fsp3) is 0.385. The Balaban J connectivity index is 3.51. The van der Waals surface area contributed by atoms with Crippen LogP contribution in [0, 0.1) is 0 Å². The summed E-state index contributed by atoms with van der Waals surface area (Å²) in [6.45, 7) is 1.23. The zero-order valence-electron chi connectivity index (χ0n) is 11.8. The number of benzene rings is 1.